The van der Waals surface area contributed by atoms with Gasteiger partial charge in [0.15, 0.2) is 0 Å². The average Bonchev–Trinajstić information content (AvgIpc) is 2.83. The zero-order valence-corrected chi connectivity index (χ0v) is 17.0. The summed E-state index contributed by atoms with van der Waals surface area (Å²) in [6.45, 7) is 16.6. The molecule has 132 valence electrons. The fraction of sp³-hybridized carbons (Fsp3) is 0.520. The largest absolute Gasteiger partial charge is 0.0666 e. The summed E-state index contributed by atoms with van der Waals surface area (Å²) in [6, 6.07) is 7.12. The smallest absolute Gasteiger partial charge is 0.00934 e. The highest BCUT2D eigenvalue weighted by atomic mass is 14.4. The summed E-state index contributed by atoms with van der Waals surface area (Å²) < 4.78 is 0. The predicted octanol–water partition coefficient (Wildman–Crippen LogP) is 5.40. The molecule has 4 rings (SSSR count). The van der Waals surface area contributed by atoms with Gasteiger partial charge >= 0.3 is 0 Å². The van der Waals surface area contributed by atoms with Gasteiger partial charge in [-0.1, -0.05) is 78.8 Å². The van der Waals surface area contributed by atoms with E-state index in [0.29, 0.717) is 5.41 Å². The normalized spacial score (nSPS) is 23.5. The number of rotatable bonds is 0. The van der Waals surface area contributed by atoms with Gasteiger partial charge in [-0.3, -0.25) is 0 Å². The van der Waals surface area contributed by atoms with Gasteiger partial charge in [-0.05, 0) is 68.4 Å². The standard InChI is InChI=1S/C25H32/c1-23(2,3)18-9-8-16-15-25(6,7)22-19-10-11-24(4,5)14-17(19)12-21(22)20(16)13-18/h8-9,12-13,15H,10-11,14H2,1-7H3. The van der Waals surface area contributed by atoms with Crippen LogP contribution in [0.4, 0.5) is 0 Å². The quantitative estimate of drug-likeness (QED) is 0.596. The highest BCUT2D eigenvalue weighted by molar-refractivity contribution is 5.87. The number of hydrogen-bond donors (Lipinski definition) is 0. The second kappa shape index (κ2) is 5.00. The lowest BCUT2D eigenvalue weighted by Gasteiger charge is -2.35. The fourth-order valence-corrected chi connectivity index (χ4v) is 4.96. The molecule has 0 atom stereocenters. The van der Waals surface area contributed by atoms with Crippen LogP contribution in [0.2, 0.25) is 0 Å². The Morgan fingerprint density at radius 3 is 2.40 bits per heavy atom. The lowest BCUT2D eigenvalue weighted by atomic mass is 9.69. The van der Waals surface area contributed by atoms with Gasteiger partial charge in [0.25, 0.3) is 0 Å². The number of hydrogen-bond acceptors (Lipinski definition) is 0. The lowest BCUT2D eigenvalue weighted by molar-refractivity contribution is 0.313. The van der Waals surface area contributed by atoms with Crippen molar-refractivity contribution in [1.82, 2.24) is 0 Å². The Labute approximate surface area is 153 Å². The van der Waals surface area contributed by atoms with Crippen LogP contribution < -0.4 is 10.4 Å². The fourth-order valence-electron chi connectivity index (χ4n) is 4.96. The Hall–Kier alpha value is -1.56. The Morgan fingerprint density at radius 2 is 1.72 bits per heavy atom. The summed E-state index contributed by atoms with van der Waals surface area (Å²) in [5.41, 5.74) is 8.57. The first-order valence-electron chi connectivity index (χ1n) is 9.81. The van der Waals surface area contributed by atoms with Gasteiger partial charge in [-0.25, -0.2) is 0 Å². The number of fused-ring (bicyclic) bond motifs is 3. The first kappa shape index (κ1) is 16.9. The minimum absolute atomic E-state index is 0.126. The second-order valence-corrected chi connectivity index (χ2v) is 10.7. The monoisotopic (exact) mass is 332 g/mol. The molecule has 0 bridgehead atoms. The first-order valence-corrected chi connectivity index (χ1v) is 9.81. The Bertz CT molecular complexity index is 937. The van der Waals surface area contributed by atoms with Crippen molar-refractivity contribution in [3.63, 3.8) is 0 Å². The summed E-state index contributed by atoms with van der Waals surface area (Å²) in [5.74, 6) is 0. The third kappa shape index (κ3) is 2.65. The maximum atomic E-state index is 2.53. The number of allylic oxidation sites excluding steroid dienone is 4. The summed E-state index contributed by atoms with van der Waals surface area (Å²) in [5, 5.41) is 2.86. The van der Waals surface area contributed by atoms with E-state index in [0.717, 1.165) is 0 Å². The Balaban J connectivity index is 2.03. The van der Waals surface area contributed by atoms with Crippen molar-refractivity contribution in [2.45, 2.75) is 73.1 Å². The summed E-state index contributed by atoms with van der Waals surface area (Å²) >= 11 is 0. The van der Waals surface area contributed by atoms with Crippen molar-refractivity contribution in [3.8, 4) is 0 Å². The first-order chi connectivity index (χ1) is 11.5. The van der Waals surface area contributed by atoms with E-state index in [9.17, 15) is 0 Å². The molecule has 25 heavy (non-hydrogen) atoms. The molecule has 1 saturated carbocycles. The minimum atomic E-state index is 0.126. The summed E-state index contributed by atoms with van der Waals surface area (Å²) in [7, 11) is 0. The zero-order chi connectivity index (χ0) is 18.2. The molecule has 1 fully saturated rings. The van der Waals surface area contributed by atoms with Crippen molar-refractivity contribution in [3.05, 3.63) is 57.0 Å². The lowest BCUT2D eigenvalue weighted by Crippen LogP contribution is -2.37. The molecule has 0 spiro atoms. The van der Waals surface area contributed by atoms with Crippen LogP contribution >= 0.6 is 0 Å². The van der Waals surface area contributed by atoms with Crippen LogP contribution in [-0.2, 0) is 5.41 Å². The Kier molecular flexibility index (Phi) is 3.37. The second-order valence-electron chi connectivity index (χ2n) is 10.7. The third-order valence-electron chi connectivity index (χ3n) is 6.37. The van der Waals surface area contributed by atoms with Crippen molar-refractivity contribution < 1.29 is 0 Å². The molecule has 0 heteroatoms. The molecule has 0 saturated heterocycles. The molecular weight excluding hydrogens is 300 g/mol. The van der Waals surface area contributed by atoms with Crippen LogP contribution in [0.25, 0.3) is 11.6 Å². The summed E-state index contributed by atoms with van der Waals surface area (Å²) in [4.78, 5) is 0. The van der Waals surface area contributed by atoms with E-state index >= 15 is 0 Å². The van der Waals surface area contributed by atoms with Crippen molar-refractivity contribution in [2.24, 2.45) is 10.8 Å². The molecular formula is C25H32. The zero-order valence-electron chi connectivity index (χ0n) is 17.0. The molecule has 0 amide bonds. The van der Waals surface area contributed by atoms with Gasteiger partial charge in [-0.2, -0.15) is 0 Å². The molecule has 1 aromatic rings. The van der Waals surface area contributed by atoms with E-state index in [1.165, 1.54) is 40.8 Å². The van der Waals surface area contributed by atoms with Crippen LogP contribution in [0.3, 0.4) is 0 Å². The molecule has 0 radical (unpaired) electrons. The third-order valence-corrected chi connectivity index (χ3v) is 6.37. The van der Waals surface area contributed by atoms with Gasteiger partial charge in [0.2, 0.25) is 0 Å². The van der Waals surface area contributed by atoms with E-state index < -0.39 is 0 Å². The van der Waals surface area contributed by atoms with Crippen molar-refractivity contribution in [1.29, 1.82) is 0 Å². The SMILES string of the molecule is CC1(C)CCC2=C3C(=c4cc(C(C)(C)C)ccc4=CC3(C)C)C=C2C1. The Morgan fingerprint density at radius 1 is 1.00 bits per heavy atom. The maximum absolute atomic E-state index is 2.53. The van der Waals surface area contributed by atoms with Crippen molar-refractivity contribution >= 4 is 11.6 Å². The molecule has 0 N–H and O–H groups in total. The van der Waals surface area contributed by atoms with Crippen LogP contribution in [0.15, 0.2) is 41.0 Å². The molecule has 3 aliphatic rings. The van der Waals surface area contributed by atoms with Gasteiger partial charge in [0, 0.05) is 5.41 Å². The molecule has 3 aliphatic carbocycles. The molecule has 0 aromatic heterocycles. The highest BCUT2D eigenvalue weighted by Gasteiger charge is 2.38. The highest BCUT2D eigenvalue weighted by Crippen LogP contribution is 2.52. The molecule has 1 aromatic carbocycles. The van der Waals surface area contributed by atoms with Crippen LogP contribution in [0, 0.1) is 10.8 Å². The van der Waals surface area contributed by atoms with E-state index in [-0.39, 0.29) is 10.8 Å². The maximum Gasteiger partial charge on any atom is 0.00934 e. The van der Waals surface area contributed by atoms with E-state index in [1.54, 1.807) is 16.7 Å². The number of benzene rings is 1. The predicted molar refractivity (Wildman–Crippen MR) is 109 cm³/mol. The van der Waals surface area contributed by atoms with Crippen LogP contribution in [0.1, 0.15) is 73.3 Å². The van der Waals surface area contributed by atoms with Gasteiger partial charge in [0.1, 0.15) is 0 Å². The van der Waals surface area contributed by atoms with Gasteiger partial charge in [-0.15, -0.1) is 0 Å². The van der Waals surface area contributed by atoms with Gasteiger partial charge < -0.3 is 0 Å². The molecule has 0 nitrogen and oxygen atoms in total. The van der Waals surface area contributed by atoms with Crippen LogP contribution in [-0.4, -0.2) is 0 Å². The topological polar surface area (TPSA) is 0 Å². The molecule has 0 aliphatic heterocycles. The van der Waals surface area contributed by atoms with E-state index in [4.69, 9.17) is 0 Å². The molecule has 0 heterocycles. The van der Waals surface area contributed by atoms with Crippen LogP contribution in [0.5, 0.6) is 0 Å². The molecule has 0 unspecified atom stereocenters. The minimum Gasteiger partial charge on any atom is -0.0666 e. The van der Waals surface area contributed by atoms with Gasteiger partial charge in [0.05, 0.1) is 0 Å². The van der Waals surface area contributed by atoms with E-state index in [1.807, 2.05) is 0 Å². The van der Waals surface area contributed by atoms with E-state index in [2.05, 4.69) is 78.8 Å². The van der Waals surface area contributed by atoms with Crippen molar-refractivity contribution in [2.75, 3.05) is 0 Å². The average molecular weight is 333 g/mol. The summed E-state index contributed by atoms with van der Waals surface area (Å²) in [6.07, 6.45) is 8.80.